The highest BCUT2D eigenvalue weighted by atomic mass is 32.1. The van der Waals surface area contributed by atoms with Crippen molar-refractivity contribution >= 4 is 11.3 Å². The van der Waals surface area contributed by atoms with Crippen molar-refractivity contribution in [3.05, 3.63) is 52.0 Å². The maximum Gasteiger partial charge on any atom is 0.0878 e. The molecule has 2 saturated heterocycles. The Morgan fingerprint density at radius 3 is 2.86 bits per heavy atom. The second-order valence-electron chi connectivity index (χ2n) is 8.79. The lowest BCUT2D eigenvalue weighted by Gasteiger charge is -2.42. The van der Waals surface area contributed by atoms with Crippen LogP contribution in [0.25, 0.3) is 0 Å². The van der Waals surface area contributed by atoms with Crippen molar-refractivity contribution in [1.29, 1.82) is 0 Å². The first-order valence-corrected chi connectivity index (χ1v) is 11.3. The van der Waals surface area contributed by atoms with Gasteiger partial charge in [0.2, 0.25) is 0 Å². The molecule has 4 heterocycles. The lowest BCUT2D eigenvalue weighted by atomic mass is 9.76. The van der Waals surface area contributed by atoms with E-state index in [1.54, 1.807) is 0 Å². The van der Waals surface area contributed by atoms with Gasteiger partial charge in [-0.2, -0.15) is 0 Å². The molecular formula is C23H32N2O2S. The molecule has 0 bridgehead atoms. The lowest BCUT2D eigenvalue weighted by molar-refractivity contribution is -0.141. The molecule has 2 atom stereocenters. The van der Waals surface area contributed by atoms with Crippen LogP contribution in [-0.4, -0.2) is 48.9 Å². The van der Waals surface area contributed by atoms with E-state index in [4.69, 9.17) is 9.47 Å². The Labute approximate surface area is 172 Å². The number of hydrogen-bond donors (Lipinski definition) is 0. The molecule has 2 unspecified atom stereocenters. The van der Waals surface area contributed by atoms with E-state index in [2.05, 4.69) is 53.4 Å². The summed E-state index contributed by atoms with van der Waals surface area (Å²) in [6, 6.07) is 8.76. The zero-order valence-corrected chi connectivity index (χ0v) is 18.1. The molecule has 0 saturated carbocycles. The average Bonchev–Trinajstić information content (AvgIpc) is 3.38. The van der Waals surface area contributed by atoms with Gasteiger partial charge in [0.15, 0.2) is 0 Å². The second kappa shape index (κ2) is 8.23. The summed E-state index contributed by atoms with van der Waals surface area (Å²) in [5, 5.41) is 2.18. The normalized spacial score (nSPS) is 26.6. The summed E-state index contributed by atoms with van der Waals surface area (Å²) in [6.45, 7) is 11.0. The fourth-order valence-corrected chi connectivity index (χ4v) is 5.39. The summed E-state index contributed by atoms with van der Waals surface area (Å²) in [6.07, 6.45) is 5.67. The molecule has 0 amide bonds. The molecule has 2 aliphatic rings. The van der Waals surface area contributed by atoms with Gasteiger partial charge in [0.25, 0.3) is 0 Å². The summed E-state index contributed by atoms with van der Waals surface area (Å²) in [7, 11) is 0. The molecule has 152 valence electrons. The van der Waals surface area contributed by atoms with E-state index in [1.807, 2.05) is 24.5 Å². The minimum Gasteiger partial charge on any atom is -0.376 e. The number of likely N-dealkylation sites (tertiary alicyclic amines) is 1. The zero-order valence-electron chi connectivity index (χ0n) is 17.3. The summed E-state index contributed by atoms with van der Waals surface area (Å²) < 4.78 is 12.1. The van der Waals surface area contributed by atoms with Gasteiger partial charge in [-0.3, -0.25) is 9.88 Å². The second-order valence-corrected chi connectivity index (χ2v) is 9.83. The highest BCUT2D eigenvalue weighted by molar-refractivity contribution is 7.09. The van der Waals surface area contributed by atoms with E-state index in [-0.39, 0.29) is 17.1 Å². The Balaban J connectivity index is 1.54. The first-order valence-electron chi connectivity index (χ1n) is 10.4. The third kappa shape index (κ3) is 4.04. The molecule has 5 heteroatoms. The van der Waals surface area contributed by atoms with E-state index in [0.29, 0.717) is 0 Å². The minimum atomic E-state index is -0.0408. The van der Waals surface area contributed by atoms with Crippen LogP contribution >= 0.6 is 11.3 Å². The number of thiophene rings is 1. The quantitative estimate of drug-likeness (QED) is 0.719. The van der Waals surface area contributed by atoms with Gasteiger partial charge in [-0.1, -0.05) is 12.1 Å². The molecule has 2 aromatic heterocycles. The zero-order chi connectivity index (χ0) is 19.6. The summed E-state index contributed by atoms with van der Waals surface area (Å²) in [5.41, 5.74) is 2.47. The van der Waals surface area contributed by atoms with Gasteiger partial charge in [0, 0.05) is 34.3 Å². The van der Waals surface area contributed by atoms with Gasteiger partial charge < -0.3 is 9.47 Å². The van der Waals surface area contributed by atoms with Crippen molar-refractivity contribution in [1.82, 2.24) is 9.88 Å². The van der Waals surface area contributed by atoms with E-state index < -0.39 is 0 Å². The van der Waals surface area contributed by atoms with Crippen LogP contribution in [-0.2, 0) is 21.4 Å². The van der Waals surface area contributed by atoms with E-state index >= 15 is 0 Å². The van der Waals surface area contributed by atoms with Crippen LogP contribution in [0.4, 0.5) is 0 Å². The Kier molecular flexibility index (Phi) is 5.88. The first kappa shape index (κ1) is 20.0. The van der Waals surface area contributed by atoms with Gasteiger partial charge in [0.05, 0.1) is 25.9 Å². The smallest absolute Gasteiger partial charge is 0.0878 e. The van der Waals surface area contributed by atoms with E-state index in [0.717, 1.165) is 57.9 Å². The van der Waals surface area contributed by atoms with Crippen LogP contribution in [0.15, 0.2) is 35.8 Å². The Hall–Kier alpha value is -1.27. The van der Waals surface area contributed by atoms with E-state index in [9.17, 15) is 0 Å². The van der Waals surface area contributed by atoms with Crippen LogP contribution in [0.5, 0.6) is 0 Å². The molecule has 0 aliphatic carbocycles. The highest BCUT2D eigenvalue weighted by Crippen LogP contribution is 2.45. The fraction of sp³-hybridized carbons (Fsp3) is 0.609. The number of aromatic nitrogens is 1. The van der Waals surface area contributed by atoms with Crippen LogP contribution in [0.1, 0.15) is 42.8 Å². The van der Waals surface area contributed by atoms with Crippen molar-refractivity contribution in [3.8, 4) is 0 Å². The minimum absolute atomic E-state index is 0.0408. The molecule has 2 fully saturated rings. The molecule has 0 radical (unpaired) electrons. The molecule has 0 aromatic carbocycles. The third-order valence-corrected chi connectivity index (χ3v) is 7.68. The highest BCUT2D eigenvalue weighted by Gasteiger charge is 2.49. The standard InChI is InChI=1S/C23H32N2O2S/c1-18-6-7-19(15-24-18)22(2,3)25-11-10-23(17-25,21-16-26-12-13-27-21)9-8-20-5-4-14-28-20/h4-7,14-15,21H,8-13,16-17H2,1-3H3. The maximum atomic E-state index is 6.26. The molecule has 4 rings (SSSR count). The van der Waals surface area contributed by atoms with Gasteiger partial charge in [0.1, 0.15) is 0 Å². The van der Waals surface area contributed by atoms with Gasteiger partial charge >= 0.3 is 0 Å². The van der Waals surface area contributed by atoms with E-state index in [1.165, 1.54) is 10.4 Å². The number of ether oxygens (including phenoxy) is 2. The predicted octanol–water partition coefficient (Wildman–Crippen LogP) is 4.43. The number of rotatable bonds is 6. The van der Waals surface area contributed by atoms with Crippen molar-refractivity contribution < 1.29 is 9.47 Å². The maximum absolute atomic E-state index is 6.26. The Morgan fingerprint density at radius 2 is 2.18 bits per heavy atom. The van der Waals surface area contributed by atoms with Crippen molar-refractivity contribution in [3.63, 3.8) is 0 Å². The molecule has 2 aliphatic heterocycles. The number of nitrogens with zero attached hydrogens (tertiary/aromatic N) is 2. The molecule has 28 heavy (non-hydrogen) atoms. The van der Waals surface area contributed by atoms with Crippen molar-refractivity contribution in [2.45, 2.75) is 51.7 Å². The van der Waals surface area contributed by atoms with Crippen LogP contribution in [0.3, 0.4) is 0 Å². The summed E-state index contributed by atoms with van der Waals surface area (Å²) in [5.74, 6) is 0. The van der Waals surface area contributed by atoms with Crippen LogP contribution < -0.4 is 0 Å². The molecule has 2 aromatic rings. The SMILES string of the molecule is Cc1ccc(C(C)(C)N2CCC(CCc3cccs3)(C3COCCO3)C2)cn1. The number of pyridine rings is 1. The van der Waals surface area contributed by atoms with Gasteiger partial charge in [-0.05, 0) is 69.7 Å². The number of hydrogen-bond acceptors (Lipinski definition) is 5. The Bertz CT molecular complexity index is 753. The monoisotopic (exact) mass is 400 g/mol. The van der Waals surface area contributed by atoms with Crippen molar-refractivity contribution in [2.75, 3.05) is 32.9 Å². The first-order chi connectivity index (χ1) is 13.5. The molecule has 4 nitrogen and oxygen atoms in total. The Morgan fingerprint density at radius 1 is 1.29 bits per heavy atom. The summed E-state index contributed by atoms with van der Waals surface area (Å²) >= 11 is 1.86. The van der Waals surface area contributed by atoms with Gasteiger partial charge in [-0.25, -0.2) is 0 Å². The van der Waals surface area contributed by atoms with Crippen LogP contribution in [0, 0.1) is 12.3 Å². The predicted molar refractivity (Wildman–Crippen MR) is 114 cm³/mol. The van der Waals surface area contributed by atoms with Crippen LogP contribution in [0.2, 0.25) is 0 Å². The van der Waals surface area contributed by atoms with Crippen molar-refractivity contribution in [2.24, 2.45) is 5.41 Å². The van der Waals surface area contributed by atoms with Gasteiger partial charge in [-0.15, -0.1) is 11.3 Å². The molecule has 0 spiro atoms. The molecule has 0 N–H and O–H groups in total. The average molecular weight is 401 g/mol. The molecular weight excluding hydrogens is 368 g/mol. The lowest BCUT2D eigenvalue weighted by Crippen LogP contribution is -2.48. The summed E-state index contributed by atoms with van der Waals surface area (Å²) in [4.78, 5) is 8.64. The topological polar surface area (TPSA) is 34.6 Å². The number of aryl methyl sites for hydroxylation is 2. The third-order valence-electron chi connectivity index (χ3n) is 6.74. The fourth-order valence-electron chi connectivity index (χ4n) is 4.68. The largest absolute Gasteiger partial charge is 0.376 e.